The van der Waals surface area contributed by atoms with Crippen molar-refractivity contribution in [2.24, 2.45) is 0 Å². The maximum atomic E-state index is 11.8. The van der Waals surface area contributed by atoms with Gasteiger partial charge in [-0.05, 0) is 26.7 Å². The lowest BCUT2D eigenvalue weighted by atomic mass is 10.2. The van der Waals surface area contributed by atoms with Gasteiger partial charge in [0.15, 0.2) is 0 Å². The van der Waals surface area contributed by atoms with Gasteiger partial charge in [-0.25, -0.2) is 4.79 Å². The van der Waals surface area contributed by atoms with Crippen molar-refractivity contribution in [3.05, 3.63) is 0 Å². The fraction of sp³-hybridized carbons (Fsp3) is 0.846. The van der Waals surface area contributed by atoms with Crippen molar-refractivity contribution in [1.82, 2.24) is 15.5 Å². The summed E-state index contributed by atoms with van der Waals surface area (Å²) in [5, 5.41) is 5.61. The Morgan fingerprint density at radius 1 is 1.11 bits per heavy atom. The Morgan fingerprint density at radius 3 is 2.28 bits per heavy atom. The number of hydrogen-bond acceptors (Lipinski definition) is 2. The van der Waals surface area contributed by atoms with Gasteiger partial charge in [0.05, 0.1) is 0 Å². The van der Waals surface area contributed by atoms with E-state index >= 15 is 0 Å². The molecule has 5 nitrogen and oxygen atoms in total. The van der Waals surface area contributed by atoms with Crippen LogP contribution in [-0.4, -0.2) is 42.5 Å². The van der Waals surface area contributed by atoms with E-state index in [1.807, 2.05) is 18.7 Å². The number of urea groups is 1. The molecule has 1 heterocycles. The average molecular weight is 255 g/mol. The summed E-state index contributed by atoms with van der Waals surface area (Å²) >= 11 is 0. The third kappa shape index (κ3) is 5.89. The summed E-state index contributed by atoms with van der Waals surface area (Å²) in [4.78, 5) is 25.1. The number of carbonyl (C=O) groups excluding carboxylic acids is 2. The van der Waals surface area contributed by atoms with E-state index in [9.17, 15) is 9.59 Å². The Hall–Kier alpha value is -1.26. The fourth-order valence-corrected chi connectivity index (χ4v) is 2.06. The molecule has 0 aromatic carbocycles. The summed E-state index contributed by atoms with van der Waals surface area (Å²) in [6, 6.07) is 0.119. The molecular formula is C13H25N3O2. The van der Waals surface area contributed by atoms with Crippen molar-refractivity contribution in [3.8, 4) is 0 Å². The van der Waals surface area contributed by atoms with Crippen LogP contribution in [0.25, 0.3) is 0 Å². The number of rotatable bonds is 4. The molecule has 0 aromatic heterocycles. The SMILES string of the molecule is CC(C)NC(=O)CCNC(=O)N1CCCCCC1. The maximum Gasteiger partial charge on any atom is 0.317 e. The molecule has 3 amide bonds. The van der Waals surface area contributed by atoms with E-state index in [2.05, 4.69) is 10.6 Å². The molecule has 0 bridgehead atoms. The van der Waals surface area contributed by atoms with Crippen molar-refractivity contribution >= 4 is 11.9 Å². The Balaban J connectivity index is 2.17. The van der Waals surface area contributed by atoms with E-state index in [1.54, 1.807) is 0 Å². The van der Waals surface area contributed by atoms with Gasteiger partial charge in [-0.15, -0.1) is 0 Å². The first-order valence-corrected chi connectivity index (χ1v) is 6.91. The maximum absolute atomic E-state index is 11.8. The van der Waals surface area contributed by atoms with Gasteiger partial charge in [0.1, 0.15) is 0 Å². The first-order valence-electron chi connectivity index (χ1n) is 6.91. The second-order valence-electron chi connectivity index (χ2n) is 5.11. The zero-order chi connectivity index (χ0) is 13.4. The van der Waals surface area contributed by atoms with E-state index in [0.29, 0.717) is 13.0 Å². The van der Waals surface area contributed by atoms with Crippen LogP contribution in [0.3, 0.4) is 0 Å². The minimum atomic E-state index is -0.0331. The van der Waals surface area contributed by atoms with Crippen LogP contribution in [0.15, 0.2) is 0 Å². The van der Waals surface area contributed by atoms with Gasteiger partial charge in [0.2, 0.25) is 5.91 Å². The van der Waals surface area contributed by atoms with E-state index in [0.717, 1.165) is 25.9 Å². The molecule has 0 unspecified atom stereocenters. The second kappa shape index (κ2) is 7.95. The Labute approximate surface area is 109 Å². The predicted octanol–water partition coefficient (Wildman–Crippen LogP) is 1.49. The molecule has 0 saturated carbocycles. The number of nitrogens with one attached hydrogen (secondary N) is 2. The molecule has 2 N–H and O–H groups in total. The van der Waals surface area contributed by atoms with Crippen molar-refractivity contribution in [2.45, 2.75) is 52.0 Å². The number of likely N-dealkylation sites (tertiary alicyclic amines) is 1. The van der Waals surface area contributed by atoms with Crippen molar-refractivity contribution in [2.75, 3.05) is 19.6 Å². The largest absolute Gasteiger partial charge is 0.354 e. The van der Waals surface area contributed by atoms with Crippen molar-refractivity contribution in [1.29, 1.82) is 0 Å². The summed E-state index contributed by atoms with van der Waals surface area (Å²) in [5.41, 5.74) is 0. The van der Waals surface area contributed by atoms with Gasteiger partial charge in [0.25, 0.3) is 0 Å². The monoisotopic (exact) mass is 255 g/mol. The molecule has 1 rings (SSSR count). The van der Waals surface area contributed by atoms with Crippen molar-refractivity contribution < 1.29 is 9.59 Å². The highest BCUT2D eigenvalue weighted by Crippen LogP contribution is 2.09. The number of hydrogen-bond donors (Lipinski definition) is 2. The van der Waals surface area contributed by atoms with Crippen LogP contribution in [0.1, 0.15) is 46.0 Å². The van der Waals surface area contributed by atoms with E-state index in [4.69, 9.17) is 0 Å². The molecule has 0 radical (unpaired) electrons. The number of carbonyl (C=O) groups is 2. The van der Waals surface area contributed by atoms with E-state index in [1.165, 1.54) is 12.8 Å². The Morgan fingerprint density at radius 2 is 1.72 bits per heavy atom. The highest BCUT2D eigenvalue weighted by Gasteiger charge is 2.15. The zero-order valence-electron chi connectivity index (χ0n) is 11.5. The van der Waals surface area contributed by atoms with Crippen LogP contribution in [0.5, 0.6) is 0 Å². The minimum absolute atomic E-state index is 0.0128. The molecular weight excluding hydrogens is 230 g/mol. The fourth-order valence-electron chi connectivity index (χ4n) is 2.06. The molecule has 0 spiro atoms. The van der Waals surface area contributed by atoms with E-state index in [-0.39, 0.29) is 18.0 Å². The molecule has 1 aliphatic heterocycles. The number of nitrogens with zero attached hydrogens (tertiary/aromatic N) is 1. The topological polar surface area (TPSA) is 61.4 Å². The van der Waals surface area contributed by atoms with Crippen LogP contribution in [-0.2, 0) is 4.79 Å². The number of amides is 3. The van der Waals surface area contributed by atoms with Gasteiger partial charge < -0.3 is 15.5 Å². The smallest absolute Gasteiger partial charge is 0.317 e. The molecule has 0 atom stereocenters. The van der Waals surface area contributed by atoms with Crippen LogP contribution >= 0.6 is 0 Å². The zero-order valence-corrected chi connectivity index (χ0v) is 11.5. The normalized spacial score (nSPS) is 16.3. The molecule has 1 aliphatic rings. The van der Waals surface area contributed by atoms with E-state index < -0.39 is 0 Å². The summed E-state index contributed by atoms with van der Waals surface area (Å²) < 4.78 is 0. The van der Waals surface area contributed by atoms with Crippen LogP contribution < -0.4 is 10.6 Å². The first kappa shape index (κ1) is 14.8. The Bertz CT molecular complexity index is 271. The summed E-state index contributed by atoms with van der Waals surface area (Å²) in [5.74, 6) is -0.0128. The Kier molecular flexibility index (Phi) is 6.54. The van der Waals surface area contributed by atoms with Crippen LogP contribution in [0.2, 0.25) is 0 Å². The quantitative estimate of drug-likeness (QED) is 0.799. The molecule has 104 valence electrons. The van der Waals surface area contributed by atoms with Gasteiger partial charge in [-0.1, -0.05) is 12.8 Å². The van der Waals surface area contributed by atoms with Gasteiger partial charge >= 0.3 is 6.03 Å². The molecule has 18 heavy (non-hydrogen) atoms. The second-order valence-corrected chi connectivity index (χ2v) is 5.11. The summed E-state index contributed by atoms with van der Waals surface area (Å²) in [6.07, 6.45) is 4.93. The standard InChI is InChI=1S/C13H25N3O2/c1-11(2)15-12(17)7-8-14-13(18)16-9-5-3-4-6-10-16/h11H,3-10H2,1-2H3,(H,14,18)(H,15,17). The lowest BCUT2D eigenvalue weighted by molar-refractivity contribution is -0.121. The third-order valence-corrected chi connectivity index (χ3v) is 2.97. The predicted molar refractivity (Wildman–Crippen MR) is 71.3 cm³/mol. The average Bonchev–Trinajstić information content (AvgIpc) is 2.56. The van der Waals surface area contributed by atoms with Crippen molar-refractivity contribution in [3.63, 3.8) is 0 Å². The minimum Gasteiger partial charge on any atom is -0.354 e. The molecule has 1 fully saturated rings. The summed E-state index contributed by atoms with van der Waals surface area (Å²) in [7, 11) is 0. The van der Waals surface area contributed by atoms with Gasteiger partial charge in [0, 0.05) is 32.1 Å². The van der Waals surface area contributed by atoms with Gasteiger partial charge in [-0.3, -0.25) is 4.79 Å². The first-order chi connectivity index (χ1) is 8.59. The molecule has 0 aromatic rings. The highest BCUT2D eigenvalue weighted by atomic mass is 16.2. The highest BCUT2D eigenvalue weighted by molar-refractivity contribution is 5.78. The molecule has 5 heteroatoms. The molecule has 1 saturated heterocycles. The van der Waals surface area contributed by atoms with Gasteiger partial charge in [-0.2, -0.15) is 0 Å². The third-order valence-electron chi connectivity index (χ3n) is 2.97. The summed E-state index contributed by atoms with van der Waals surface area (Å²) in [6.45, 7) is 5.93. The molecule has 0 aliphatic carbocycles. The lowest BCUT2D eigenvalue weighted by Crippen LogP contribution is -2.42. The van der Waals surface area contributed by atoms with Crippen LogP contribution in [0.4, 0.5) is 4.79 Å². The van der Waals surface area contributed by atoms with Crippen LogP contribution in [0, 0.1) is 0 Å². The lowest BCUT2D eigenvalue weighted by Gasteiger charge is -2.20.